The summed E-state index contributed by atoms with van der Waals surface area (Å²) in [6, 6.07) is 0. The van der Waals surface area contributed by atoms with Gasteiger partial charge in [0.05, 0.1) is 0 Å². The van der Waals surface area contributed by atoms with E-state index in [0.717, 1.165) is 0 Å². The molecule has 1 unspecified atom stereocenters. The van der Waals surface area contributed by atoms with Gasteiger partial charge < -0.3 is 0 Å². The van der Waals surface area contributed by atoms with Crippen LogP contribution in [0.4, 0.5) is 61.5 Å². The van der Waals surface area contributed by atoms with Gasteiger partial charge in [0.2, 0.25) is 0 Å². The van der Waals surface area contributed by atoms with Gasteiger partial charge in [0, 0.05) is 0 Å². The van der Waals surface area contributed by atoms with E-state index in [0.29, 0.717) is 0 Å². The number of rotatable bonds is 0. The van der Waals surface area contributed by atoms with Crippen LogP contribution in [-0.2, 0) is 0 Å². The lowest BCUT2D eigenvalue weighted by molar-refractivity contribution is -0.422. The standard InChI is InChI=1S/C8F14/c9-2-1(5(11,12)13)4(10,8(20,21)22)3(2,6(14,15)16)7(17,18)19. The third-order valence-electron chi connectivity index (χ3n) is 2.93. The van der Waals surface area contributed by atoms with Crippen LogP contribution in [0.2, 0.25) is 0 Å². The average Bonchev–Trinajstić information content (AvgIpc) is 2.06. The van der Waals surface area contributed by atoms with Gasteiger partial charge in [-0.2, -0.15) is 52.7 Å². The van der Waals surface area contributed by atoms with Crippen molar-refractivity contribution in [1.29, 1.82) is 0 Å². The fourth-order valence-corrected chi connectivity index (χ4v) is 2.09. The summed E-state index contributed by atoms with van der Waals surface area (Å²) in [7, 11) is 0. The van der Waals surface area contributed by atoms with Gasteiger partial charge in [-0.25, -0.2) is 8.78 Å². The van der Waals surface area contributed by atoms with Gasteiger partial charge in [-0.05, 0) is 0 Å². The first-order valence-corrected chi connectivity index (χ1v) is 4.65. The van der Waals surface area contributed by atoms with Gasteiger partial charge in [0.1, 0.15) is 11.4 Å². The molecule has 0 saturated heterocycles. The molecule has 130 valence electrons. The summed E-state index contributed by atoms with van der Waals surface area (Å²) >= 11 is 0. The summed E-state index contributed by atoms with van der Waals surface area (Å²) < 4.78 is 174. The molecule has 0 N–H and O–H groups in total. The summed E-state index contributed by atoms with van der Waals surface area (Å²) in [5.74, 6) is -4.32. The van der Waals surface area contributed by atoms with E-state index in [-0.39, 0.29) is 0 Å². The molecule has 0 spiro atoms. The minimum Gasteiger partial charge on any atom is -0.227 e. The summed E-state index contributed by atoms with van der Waals surface area (Å²) in [6.07, 6.45) is -28.8. The van der Waals surface area contributed by atoms with Gasteiger partial charge in [0.15, 0.2) is 0 Å². The number of hydrogen-bond donors (Lipinski definition) is 0. The highest BCUT2D eigenvalue weighted by atomic mass is 19.4. The van der Waals surface area contributed by atoms with E-state index >= 15 is 0 Å². The third kappa shape index (κ3) is 1.84. The summed E-state index contributed by atoms with van der Waals surface area (Å²) in [4.78, 5) is 0. The van der Waals surface area contributed by atoms with E-state index < -0.39 is 47.2 Å². The second-order valence-corrected chi connectivity index (χ2v) is 4.09. The molecule has 0 aliphatic heterocycles. The Balaban J connectivity index is 3.99. The van der Waals surface area contributed by atoms with Crippen molar-refractivity contribution in [1.82, 2.24) is 0 Å². The lowest BCUT2D eigenvalue weighted by Gasteiger charge is -2.53. The van der Waals surface area contributed by atoms with Crippen LogP contribution in [0.1, 0.15) is 0 Å². The molecule has 0 amide bonds. The van der Waals surface area contributed by atoms with Crippen LogP contribution in [-0.4, -0.2) is 30.4 Å². The highest BCUT2D eigenvalue weighted by molar-refractivity contribution is 5.51. The first-order chi connectivity index (χ1) is 9.28. The Bertz CT molecular complexity index is 481. The molecule has 0 fully saturated rings. The smallest absolute Gasteiger partial charge is 0.227 e. The maximum absolute atomic E-state index is 13.6. The number of alkyl halides is 13. The van der Waals surface area contributed by atoms with Crippen LogP contribution in [0.5, 0.6) is 0 Å². The molecule has 22 heavy (non-hydrogen) atoms. The minimum atomic E-state index is -7.37. The van der Waals surface area contributed by atoms with E-state index in [2.05, 4.69) is 0 Å². The van der Waals surface area contributed by atoms with E-state index in [1.54, 1.807) is 0 Å². The largest absolute Gasteiger partial charge is 0.428 e. The zero-order valence-electron chi connectivity index (χ0n) is 9.29. The van der Waals surface area contributed by atoms with Crippen molar-refractivity contribution >= 4 is 0 Å². The second kappa shape index (κ2) is 4.19. The molecule has 1 aliphatic rings. The Labute approximate surface area is 110 Å². The molecule has 0 nitrogen and oxygen atoms in total. The highest BCUT2D eigenvalue weighted by Gasteiger charge is 2.98. The maximum Gasteiger partial charge on any atom is 0.428 e. The molecule has 14 heteroatoms. The Morgan fingerprint density at radius 1 is 0.591 bits per heavy atom. The zero-order valence-corrected chi connectivity index (χ0v) is 9.29. The van der Waals surface area contributed by atoms with Crippen molar-refractivity contribution in [2.24, 2.45) is 5.41 Å². The SMILES string of the molecule is FC1=C(C(F)(F)F)C(F)(C(F)(F)F)C1(C(F)(F)F)C(F)(F)F. The summed E-state index contributed by atoms with van der Waals surface area (Å²) in [5.41, 5.74) is -18.2. The molecule has 1 atom stereocenters. The van der Waals surface area contributed by atoms with Gasteiger partial charge in [-0.1, -0.05) is 0 Å². The van der Waals surface area contributed by atoms with Crippen LogP contribution >= 0.6 is 0 Å². The van der Waals surface area contributed by atoms with Crippen LogP contribution in [0.15, 0.2) is 11.4 Å². The molecule has 0 radical (unpaired) electrons. The molecule has 0 aromatic rings. The number of hydrogen-bond acceptors (Lipinski definition) is 0. The molecule has 0 aromatic heterocycles. The lowest BCUT2D eigenvalue weighted by atomic mass is 9.56. The molecular weight excluding hydrogens is 362 g/mol. The second-order valence-electron chi connectivity index (χ2n) is 4.09. The van der Waals surface area contributed by atoms with Crippen molar-refractivity contribution in [3.8, 4) is 0 Å². The first-order valence-electron chi connectivity index (χ1n) is 4.65. The average molecular weight is 362 g/mol. The maximum atomic E-state index is 13.6. The molecule has 0 heterocycles. The van der Waals surface area contributed by atoms with E-state index in [4.69, 9.17) is 0 Å². The van der Waals surface area contributed by atoms with Gasteiger partial charge >= 0.3 is 24.7 Å². The topological polar surface area (TPSA) is 0 Å². The van der Waals surface area contributed by atoms with Crippen LogP contribution in [0.3, 0.4) is 0 Å². The fraction of sp³-hybridized carbons (Fsp3) is 0.750. The van der Waals surface area contributed by atoms with Crippen molar-refractivity contribution < 1.29 is 61.5 Å². The Morgan fingerprint density at radius 3 is 1.09 bits per heavy atom. The fourth-order valence-electron chi connectivity index (χ4n) is 2.09. The van der Waals surface area contributed by atoms with E-state index in [1.165, 1.54) is 0 Å². The normalized spacial score (nSPS) is 27.0. The van der Waals surface area contributed by atoms with Crippen LogP contribution in [0.25, 0.3) is 0 Å². The molecule has 0 bridgehead atoms. The zero-order chi connectivity index (χ0) is 18.2. The quantitative estimate of drug-likeness (QED) is 0.522. The number of allylic oxidation sites excluding steroid dienone is 2. The number of halogens is 14. The van der Waals surface area contributed by atoms with Crippen molar-refractivity contribution in [2.75, 3.05) is 0 Å². The Hall–Kier alpha value is -1.24. The molecular formula is C8F14. The van der Waals surface area contributed by atoms with Crippen molar-refractivity contribution in [3.05, 3.63) is 11.4 Å². The molecule has 0 saturated carbocycles. The van der Waals surface area contributed by atoms with E-state index in [1.807, 2.05) is 0 Å². The van der Waals surface area contributed by atoms with Crippen LogP contribution in [0, 0.1) is 5.41 Å². The third-order valence-corrected chi connectivity index (χ3v) is 2.93. The predicted molar refractivity (Wildman–Crippen MR) is 38.6 cm³/mol. The monoisotopic (exact) mass is 362 g/mol. The van der Waals surface area contributed by atoms with Crippen molar-refractivity contribution in [2.45, 2.75) is 30.4 Å². The minimum absolute atomic E-state index is 4.21. The van der Waals surface area contributed by atoms with E-state index in [9.17, 15) is 61.5 Å². The summed E-state index contributed by atoms with van der Waals surface area (Å²) in [5, 5.41) is 0. The predicted octanol–water partition coefficient (Wildman–Crippen LogP) is 5.17. The Morgan fingerprint density at radius 2 is 0.909 bits per heavy atom. The molecule has 1 rings (SSSR count). The Kier molecular flexibility index (Phi) is 3.58. The lowest BCUT2D eigenvalue weighted by Crippen LogP contribution is -2.76. The molecule has 1 aliphatic carbocycles. The van der Waals surface area contributed by atoms with Crippen molar-refractivity contribution in [3.63, 3.8) is 0 Å². The van der Waals surface area contributed by atoms with Crippen LogP contribution < -0.4 is 0 Å². The highest BCUT2D eigenvalue weighted by Crippen LogP contribution is 2.76. The summed E-state index contributed by atoms with van der Waals surface area (Å²) in [6.45, 7) is 0. The first kappa shape index (κ1) is 18.8. The molecule has 0 aromatic carbocycles. The van der Waals surface area contributed by atoms with Gasteiger partial charge in [-0.3, -0.25) is 0 Å². The van der Waals surface area contributed by atoms with Gasteiger partial charge in [-0.15, -0.1) is 0 Å². The van der Waals surface area contributed by atoms with Gasteiger partial charge in [0.25, 0.3) is 11.1 Å².